The number of nitrogens with one attached hydrogen (secondary N) is 1. The van der Waals surface area contributed by atoms with E-state index in [9.17, 15) is 4.79 Å². The number of nitrogens with zero attached hydrogens (tertiary/aromatic N) is 1. The van der Waals surface area contributed by atoms with Crippen LogP contribution in [0.2, 0.25) is 0 Å². The van der Waals surface area contributed by atoms with Crippen molar-refractivity contribution in [2.45, 2.75) is 64.8 Å². The van der Waals surface area contributed by atoms with Gasteiger partial charge in [-0.1, -0.05) is 26.7 Å². The number of carboxylic acid groups (broad SMARTS) is 1. The van der Waals surface area contributed by atoms with Gasteiger partial charge in [0.1, 0.15) is 6.04 Å². The highest BCUT2D eigenvalue weighted by Gasteiger charge is 2.15. The van der Waals surface area contributed by atoms with Crippen molar-refractivity contribution in [2.24, 2.45) is 0 Å². The lowest BCUT2D eigenvalue weighted by Gasteiger charge is -2.22. The average Bonchev–Trinajstić information content (AvgIpc) is 2.40. The molecule has 0 radical (unpaired) electrons. The van der Waals surface area contributed by atoms with Crippen molar-refractivity contribution in [3.05, 3.63) is 0 Å². The summed E-state index contributed by atoms with van der Waals surface area (Å²) in [6.07, 6.45) is 7.13. The van der Waals surface area contributed by atoms with Gasteiger partial charge in [-0.25, -0.2) is 0 Å². The Morgan fingerprint density at radius 3 is 2.00 bits per heavy atom. The molecule has 1 atom stereocenters. The van der Waals surface area contributed by atoms with Gasteiger partial charge in [0.2, 0.25) is 0 Å². The van der Waals surface area contributed by atoms with E-state index in [1.54, 1.807) is 0 Å². The second-order valence-electron chi connectivity index (χ2n) is 5.06. The first-order valence-electron chi connectivity index (χ1n) is 7.50. The van der Waals surface area contributed by atoms with Crippen LogP contribution in [0.4, 0.5) is 0 Å². The number of hydrogen-bond donors (Lipinski definition) is 3. The Kier molecular flexibility index (Phi) is 12.0. The van der Waals surface area contributed by atoms with E-state index >= 15 is 0 Å². The molecule has 0 aliphatic rings. The second-order valence-corrected chi connectivity index (χ2v) is 5.06. The highest BCUT2D eigenvalue weighted by molar-refractivity contribution is 5.73. The number of carbonyl (C=O) groups is 1. The second kappa shape index (κ2) is 12.4. The Labute approximate surface area is 116 Å². The molecule has 0 unspecified atom stereocenters. The quantitative estimate of drug-likeness (QED) is 0.355. The van der Waals surface area contributed by atoms with E-state index in [-0.39, 0.29) is 0 Å². The van der Waals surface area contributed by atoms with Crippen molar-refractivity contribution >= 4 is 5.97 Å². The third kappa shape index (κ3) is 9.87. The van der Waals surface area contributed by atoms with Crippen LogP contribution in [0.5, 0.6) is 0 Å². The Hall–Kier alpha value is -0.650. The summed E-state index contributed by atoms with van der Waals surface area (Å²) in [6.45, 7) is 7.69. The lowest BCUT2D eigenvalue weighted by Crippen LogP contribution is -2.34. The highest BCUT2D eigenvalue weighted by atomic mass is 16.5. The third-order valence-electron chi connectivity index (χ3n) is 3.33. The summed E-state index contributed by atoms with van der Waals surface area (Å²) in [7, 11) is 0. The Bertz CT molecular complexity index is 217. The van der Waals surface area contributed by atoms with Gasteiger partial charge < -0.3 is 15.2 Å². The molecular formula is C14H30N2O3. The molecule has 0 amide bonds. The van der Waals surface area contributed by atoms with Crippen molar-refractivity contribution in [2.75, 3.05) is 19.6 Å². The van der Waals surface area contributed by atoms with Crippen LogP contribution < -0.4 is 5.48 Å². The minimum absolute atomic E-state index is 0.473. The van der Waals surface area contributed by atoms with E-state index in [1.807, 2.05) is 5.48 Å². The normalized spacial score (nSPS) is 12.8. The maximum absolute atomic E-state index is 10.7. The van der Waals surface area contributed by atoms with E-state index < -0.39 is 12.0 Å². The van der Waals surface area contributed by atoms with Crippen LogP contribution in [0.25, 0.3) is 0 Å². The monoisotopic (exact) mass is 274 g/mol. The maximum Gasteiger partial charge on any atom is 0.323 e. The summed E-state index contributed by atoms with van der Waals surface area (Å²) >= 11 is 0. The highest BCUT2D eigenvalue weighted by Crippen LogP contribution is 2.05. The number of hydrogen-bond acceptors (Lipinski definition) is 4. The molecule has 3 N–H and O–H groups in total. The first-order valence-corrected chi connectivity index (χ1v) is 7.50. The average molecular weight is 274 g/mol. The minimum atomic E-state index is -0.990. The van der Waals surface area contributed by atoms with Crippen LogP contribution in [-0.2, 0) is 4.79 Å². The van der Waals surface area contributed by atoms with Gasteiger partial charge in [0, 0.05) is 0 Å². The number of aliphatic carboxylic acids is 1. The molecule has 0 aliphatic heterocycles. The molecule has 19 heavy (non-hydrogen) atoms. The van der Waals surface area contributed by atoms with Gasteiger partial charge in [0.25, 0.3) is 0 Å². The third-order valence-corrected chi connectivity index (χ3v) is 3.33. The fourth-order valence-electron chi connectivity index (χ4n) is 2.03. The SMILES string of the molecule is CCCCN(CCCC)CCCC[C@H](NO)C(=O)O. The molecule has 5 nitrogen and oxygen atoms in total. The van der Waals surface area contributed by atoms with Crippen LogP contribution in [0.15, 0.2) is 0 Å². The van der Waals surface area contributed by atoms with Crippen LogP contribution in [0.1, 0.15) is 58.8 Å². The number of unbranched alkanes of at least 4 members (excludes halogenated alkanes) is 3. The van der Waals surface area contributed by atoms with Crippen LogP contribution in [0, 0.1) is 0 Å². The lowest BCUT2D eigenvalue weighted by molar-refractivity contribution is -0.142. The van der Waals surface area contributed by atoms with E-state index in [4.69, 9.17) is 10.3 Å². The zero-order valence-electron chi connectivity index (χ0n) is 12.4. The van der Waals surface area contributed by atoms with Gasteiger partial charge >= 0.3 is 5.97 Å². The number of rotatable bonds is 13. The predicted octanol–water partition coefficient (Wildman–Crippen LogP) is 2.49. The summed E-state index contributed by atoms with van der Waals surface area (Å²) in [5, 5.41) is 17.5. The zero-order valence-corrected chi connectivity index (χ0v) is 12.4. The van der Waals surface area contributed by atoms with Gasteiger partial charge in [-0.3, -0.25) is 4.79 Å². The molecule has 114 valence electrons. The fourth-order valence-corrected chi connectivity index (χ4v) is 2.03. The molecule has 0 saturated carbocycles. The van der Waals surface area contributed by atoms with Crippen LogP contribution >= 0.6 is 0 Å². The molecule has 0 aromatic rings. The summed E-state index contributed by atoms with van der Waals surface area (Å²) in [5.74, 6) is -0.990. The standard InChI is InChI=1S/C14H30N2O3/c1-3-5-10-16(11-6-4-2)12-8-7-9-13(15-19)14(17)18/h13,15,19H,3-12H2,1-2H3,(H,17,18)/t13-/m0/s1. The largest absolute Gasteiger partial charge is 0.480 e. The Balaban J connectivity index is 3.80. The van der Waals surface area contributed by atoms with E-state index in [2.05, 4.69) is 18.7 Å². The topological polar surface area (TPSA) is 72.8 Å². The molecule has 0 bridgehead atoms. The van der Waals surface area contributed by atoms with Gasteiger partial charge in [-0.15, -0.1) is 0 Å². The molecule has 0 aromatic carbocycles. The smallest absolute Gasteiger partial charge is 0.323 e. The molecular weight excluding hydrogens is 244 g/mol. The van der Waals surface area contributed by atoms with Crippen molar-refractivity contribution < 1.29 is 15.1 Å². The Morgan fingerprint density at radius 2 is 1.58 bits per heavy atom. The zero-order chi connectivity index (χ0) is 14.5. The summed E-state index contributed by atoms with van der Waals surface area (Å²) in [5.41, 5.74) is 1.85. The molecule has 0 heterocycles. The summed E-state index contributed by atoms with van der Waals surface area (Å²) in [6, 6.07) is -0.834. The number of hydroxylamine groups is 1. The van der Waals surface area contributed by atoms with Crippen molar-refractivity contribution in [3.63, 3.8) is 0 Å². The minimum Gasteiger partial charge on any atom is -0.480 e. The fraction of sp³-hybridized carbons (Fsp3) is 0.929. The molecule has 0 rings (SSSR count). The first-order chi connectivity index (χ1) is 9.15. The van der Waals surface area contributed by atoms with E-state index in [0.29, 0.717) is 6.42 Å². The van der Waals surface area contributed by atoms with Crippen molar-refractivity contribution in [1.82, 2.24) is 10.4 Å². The summed E-state index contributed by atoms with van der Waals surface area (Å²) < 4.78 is 0. The molecule has 0 saturated heterocycles. The van der Waals surface area contributed by atoms with Crippen LogP contribution in [0.3, 0.4) is 0 Å². The molecule has 0 aromatic heterocycles. The lowest BCUT2D eigenvalue weighted by atomic mass is 10.1. The van der Waals surface area contributed by atoms with E-state index in [0.717, 1.165) is 32.5 Å². The van der Waals surface area contributed by atoms with Gasteiger partial charge in [0.05, 0.1) is 0 Å². The van der Waals surface area contributed by atoms with Crippen LogP contribution in [-0.4, -0.2) is 46.9 Å². The van der Waals surface area contributed by atoms with Crippen molar-refractivity contribution in [3.8, 4) is 0 Å². The van der Waals surface area contributed by atoms with Gasteiger partial charge in [-0.05, 0) is 51.7 Å². The van der Waals surface area contributed by atoms with Crippen molar-refractivity contribution in [1.29, 1.82) is 0 Å². The summed E-state index contributed by atoms with van der Waals surface area (Å²) in [4.78, 5) is 13.2. The molecule has 5 heteroatoms. The number of carboxylic acids is 1. The van der Waals surface area contributed by atoms with Gasteiger partial charge in [-0.2, -0.15) is 5.48 Å². The maximum atomic E-state index is 10.7. The Morgan fingerprint density at radius 1 is 1.05 bits per heavy atom. The molecule has 0 spiro atoms. The molecule has 0 aliphatic carbocycles. The molecule has 0 fully saturated rings. The predicted molar refractivity (Wildman–Crippen MR) is 76.5 cm³/mol. The van der Waals surface area contributed by atoms with Gasteiger partial charge in [0.15, 0.2) is 0 Å². The van der Waals surface area contributed by atoms with E-state index in [1.165, 1.54) is 25.7 Å². The first kappa shape index (κ1) is 18.4.